The van der Waals surface area contributed by atoms with Crippen LogP contribution in [0.25, 0.3) is 5.78 Å². The molecule has 0 amide bonds. The summed E-state index contributed by atoms with van der Waals surface area (Å²) in [6, 6.07) is 5.83. The number of hydrogen-bond donors (Lipinski definition) is 0. The number of nitro groups is 1. The highest BCUT2D eigenvalue weighted by molar-refractivity contribution is 7.99. The number of nitro benzene ring substituents is 1. The van der Waals surface area contributed by atoms with Crippen LogP contribution in [0, 0.1) is 24.0 Å². The topological polar surface area (TPSA) is 124 Å². The summed E-state index contributed by atoms with van der Waals surface area (Å²) in [5, 5.41) is 16.3. The predicted molar refractivity (Wildman–Crippen MR) is 110 cm³/mol. The van der Waals surface area contributed by atoms with Crippen molar-refractivity contribution in [2.24, 2.45) is 0 Å². The van der Waals surface area contributed by atoms with E-state index < -0.39 is 14.9 Å². The molecule has 0 unspecified atom stereocenters. The Morgan fingerprint density at radius 1 is 1.10 bits per heavy atom. The molecular formula is C18H20N6O4S2. The Hall–Kier alpha value is -2.57. The zero-order valence-corrected chi connectivity index (χ0v) is 18.1. The van der Waals surface area contributed by atoms with E-state index in [9.17, 15) is 18.5 Å². The minimum atomic E-state index is -3.76. The maximum absolute atomic E-state index is 12.9. The van der Waals surface area contributed by atoms with Crippen LogP contribution in [0.2, 0.25) is 0 Å². The molecule has 0 aliphatic carbocycles. The van der Waals surface area contributed by atoms with Crippen LogP contribution in [0.5, 0.6) is 0 Å². The smallest absolute Gasteiger partial charge is 0.258 e. The fourth-order valence-electron chi connectivity index (χ4n) is 3.43. The summed E-state index contributed by atoms with van der Waals surface area (Å²) in [4.78, 5) is 19.9. The first kappa shape index (κ1) is 20.7. The molecule has 2 aromatic heterocycles. The first-order valence-corrected chi connectivity index (χ1v) is 11.7. The molecular weight excluding hydrogens is 428 g/mol. The van der Waals surface area contributed by atoms with Gasteiger partial charge in [0.2, 0.25) is 15.2 Å². The SMILES string of the molecule is Cc1cc(C)n2nc(Sc3ccc(S(=O)(=O)N4CCCCC4)cc3[N+](=O)[O-])nc2n1. The number of fused-ring (bicyclic) bond motifs is 1. The van der Waals surface area contributed by atoms with Crippen molar-refractivity contribution in [1.82, 2.24) is 23.9 Å². The highest BCUT2D eigenvalue weighted by Gasteiger charge is 2.29. The molecule has 1 saturated heterocycles. The number of piperidine rings is 1. The Morgan fingerprint density at radius 3 is 2.53 bits per heavy atom. The van der Waals surface area contributed by atoms with Gasteiger partial charge in [-0.3, -0.25) is 10.1 Å². The number of nitrogens with zero attached hydrogens (tertiary/aromatic N) is 6. The average molecular weight is 449 g/mol. The molecule has 12 heteroatoms. The second kappa shape index (κ2) is 7.93. The van der Waals surface area contributed by atoms with Gasteiger partial charge in [-0.2, -0.15) is 9.29 Å². The largest absolute Gasteiger partial charge is 0.284 e. The molecule has 0 spiro atoms. The first-order chi connectivity index (χ1) is 14.3. The molecule has 0 N–H and O–H groups in total. The van der Waals surface area contributed by atoms with Crippen molar-refractivity contribution in [1.29, 1.82) is 0 Å². The molecule has 0 bridgehead atoms. The average Bonchev–Trinajstić information content (AvgIpc) is 3.11. The van der Waals surface area contributed by atoms with E-state index in [-0.39, 0.29) is 15.5 Å². The summed E-state index contributed by atoms with van der Waals surface area (Å²) in [6.07, 6.45) is 2.57. The van der Waals surface area contributed by atoms with Crippen molar-refractivity contribution in [2.45, 2.75) is 48.1 Å². The number of aromatic nitrogens is 4. The fourth-order valence-corrected chi connectivity index (χ4v) is 5.79. The maximum atomic E-state index is 12.9. The number of aryl methyl sites for hydroxylation is 2. The van der Waals surface area contributed by atoms with Crippen LogP contribution in [-0.2, 0) is 10.0 Å². The molecule has 0 saturated carbocycles. The van der Waals surface area contributed by atoms with Crippen LogP contribution in [-0.4, -0.2) is 50.3 Å². The van der Waals surface area contributed by atoms with E-state index in [0.717, 1.165) is 48.5 Å². The zero-order chi connectivity index (χ0) is 21.5. The third-order valence-electron chi connectivity index (χ3n) is 4.88. The summed E-state index contributed by atoms with van der Waals surface area (Å²) in [6.45, 7) is 4.58. The van der Waals surface area contributed by atoms with Crippen molar-refractivity contribution in [3.8, 4) is 0 Å². The summed E-state index contributed by atoms with van der Waals surface area (Å²) < 4.78 is 28.7. The van der Waals surface area contributed by atoms with Gasteiger partial charge in [-0.1, -0.05) is 6.42 Å². The lowest BCUT2D eigenvalue weighted by molar-refractivity contribution is -0.388. The van der Waals surface area contributed by atoms with Gasteiger partial charge in [-0.05, 0) is 56.7 Å². The molecule has 30 heavy (non-hydrogen) atoms. The monoisotopic (exact) mass is 448 g/mol. The van der Waals surface area contributed by atoms with E-state index in [1.54, 1.807) is 4.52 Å². The second-order valence-corrected chi connectivity index (χ2v) is 10.0. The fraction of sp³-hybridized carbons (Fsp3) is 0.389. The van der Waals surface area contributed by atoms with Gasteiger partial charge < -0.3 is 0 Å². The Kier molecular flexibility index (Phi) is 5.47. The quantitative estimate of drug-likeness (QED) is 0.431. The van der Waals surface area contributed by atoms with Gasteiger partial charge in [0.05, 0.1) is 14.7 Å². The molecule has 3 heterocycles. The van der Waals surface area contributed by atoms with Crippen LogP contribution >= 0.6 is 11.8 Å². The molecule has 0 atom stereocenters. The number of rotatable bonds is 5. The molecule has 3 aromatic rings. The van der Waals surface area contributed by atoms with Crippen molar-refractivity contribution >= 4 is 33.3 Å². The normalized spacial score (nSPS) is 15.5. The molecule has 158 valence electrons. The van der Waals surface area contributed by atoms with Crippen LogP contribution in [0.4, 0.5) is 5.69 Å². The van der Waals surface area contributed by atoms with E-state index in [1.165, 1.54) is 16.4 Å². The van der Waals surface area contributed by atoms with Gasteiger partial charge in [0.25, 0.3) is 11.5 Å². The van der Waals surface area contributed by atoms with E-state index in [0.29, 0.717) is 24.0 Å². The first-order valence-electron chi connectivity index (χ1n) is 9.43. The van der Waals surface area contributed by atoms with E-state index >= 15 is 0 Å². The minimum absolute atomic E-state index is 0.0726. The highest BCUT2D eigenvalue weighted by atomic mass is 32.2. The summed E-state index contributed by atoms with van der Waals surface area (Å²) in [5.74, 6) is 0.405. The predicted octanol–water partition coefficient (Wildman–Crippen LogP) is 2.98. The van der Waals surface area contributed by atoms with Gasteiger partial charge in [-0.15, -0.1) is 5.10 Å². The van der Waals surface area contributed by atoms with Gasteiger partial charge in [0.15, 0.2) is 0 Å². The van der Waals surface area contributed by atoms with Crippen LogP contribution < -0.4 is 0 Å². The molecule has 0 radical (unpaired) electrons. The van der Waals surface area contributed by atoms with Crippen molar-refractivity contribution in [2.75, 3.05) is 13.1 Å². The van der Waals surface area contributed by atoms with Crippen molar-refractivity contribution < 1.29 is 13.3 Å². The molecule has 1 aromatic carbocycles. The molecule has 1 aliphatic rings. The zero-order valence-electron chi connectivity index (χ0n) is 16.5. The Morgan fingerprint density at radius 2 is 1.83 bits per heavy atom. The number of benzene rings is 1. The van der Waals surface area contributed by atoms with Crippen molar-refractivity contribution in [3.63, 3.8) is 0 Å². The Bertz CT molecular complexity index is 1230. The minimum Gasteiger partial charge on any atom is -0.258 e. The van der Waals surface area contributed by atoms with E-state index in [2.05, 4.69) is 15.1 Å². The van der Waals surface area contributed by atoms with Crippen LogP contribution in [0.1, 0.15) is 30.7 Å². The summed E-state index contributed by atoms with van der Waals surface area (Å²) in [5.41, 5.74) is 1.34. The Labute approximate surface area is 177 Å². The molecule has 10 nitrogen and oxygen atoms in total. The highest BCUT2D eigenvalue weighted by Crippen LogP contribution is 2.35. The number of sulfonamides is 1. The van der Waals surface area contributed by atoms with E-state index in [1.807, 2.05) is 19.9 Å². The lowest BCUT2D eigenvalue weighted by Gasteiger charge is -2.25. The molecule has 1 aliphatic heterocycles. The third kappa shape index (κ3) is 3.89. The van der Waals surface area contributed by atoms with Crippen LogP contribution in [0.15, 0.2) is 39.2 Å². The third-order valence-corrected chi connectivity index (χ3v) is 7.70. The Balaban J connectivity index is 1.69. The molecule has 4 rings (SSSR count). The number of hydrogen-bond acceptors (Lipinski definition) is 8. The second-order valence-electron chi connectivity index (χ2n) is 7.10. The lowest BCUT2D eigenvalue weighted by atomic mass is 10.2. The summed E-state index contributed by atoms with van der Waals surface area (Å²) >= 11 is 1.00. The van der Waals surface area contributed by atoms with E-state index in [4.69, 9.17) is 0 Å². The van der Waals surface area contributed by atoms with Gasteiger partial charge >= 0.3 is 0 Å². The van der Waals surface area contributed by atoms with Gasteiger partial charge in [0, 0.05) is 30.5 Å². The van der Waals surface area contributed by atoms with Gasteiger partial charge in [0.1, 0.15) is 0 Å². The van der Waals surface area contributed by atoms with Gasteiger partial charge in [-0.25, -0.2) is 17.9 Å². The van der Waals surface area contributed by atoms with Crippen molar-refractivity contribution in [3.05, 3.63) is 45.8 Å². The summed E-state index contributed by atoms with van der Waals surface area (Å²) in [7, 11) is -3.76. The lowest BCUT2D eigenvalue weighted by Crippen LogP contribution is -2.35. The molecule has 1 fully saturated rings. The van der Waals surface area contributed by atoms with Crippen LogP contribution in [0.3, 0.4) is 0 Å². The standard InChI is InChI=1S/C18H20N6O4S2/c1-12-10-13(2)23-17(19-12)20-18(21-23)29-16-7-6-14(11-15(16)24(25)26)30(27,28)22-8-4-3-5-9-22/h6-7,10-11H,3-5,8-9H2,1-2H3. The maximum Gasteiger partial charge on any atom is 0.284 e.